The van der Waals surface area contributed by atoms with E-state index >= 15 is 0 Å². The van der Waals surface area contributed by atoms with Gasteiger partial charge in [0.2, 0.25) is 0 Å². The van der Waals surface area contributed by atoms with E-state index in [4.69, 9.17) is 0 Å². The fourth-order valence-electron chi connectivity index (χ4n) is 2.03. The minimum absolute atomic E-state index is 0.760. The first-order valence-corrected chi connectivity index (χ1v) is 7.58. The molecule has 102 valence electrons. The van der Waals surface area contributed by atoms with Gasteiger partial charge in [-0.25, -0.2) is 0 Å². The van der Waals surface area contributed by atoms with Gasteiger partial charge in [-0.3, -0.25) is 0 Å². The minimum Gasteiger partial charge on any atom is -0.316 e. The van der Waals surface area contributed by atoms with Crippen LogP contribution in [0.2, 0.25) is 0 Å². The molecule has 0 amide bonds. The van der Waals surface area contributed by atoms with Gasteiger partial charge in [0.25, 0.3) is 0 Å². The Morgan fingerprint density at radius 3 is 2.70 bits per heavy atom. The number of hydrogen-bond acceptors (Lipinski definition) is 3. The second-order valence-corrected chi connectivity index (χ2v) is 5.70. The third kappa shape index (κ3) is 3.63. The molecule has 0 atom stereocenters. The maximum absolute atomic E-state index is 9.28. The second kappa shape index (κ2) is 7.14. The van der Waals surface area contributed by atoms with E-state index in [1.54, 1.807) is 11.8 Å². The third-order valence-electron chi connectivity index (χ3n) is 3.19. The number of benzene rings is 2. The molecule has 2 aromatic rings. The van der Waals surface area contributed by atoms with Crippen LogP contribution in [0.5, 0.6) is 0 Å². The highest BCUT2D eigenvalue weighted by Gasteiger charge is 2.05. The molecule has 2 rings (SSSR count). The summed E-state index contributed by atoms with van der Waals surface area (Å²) < 4.78 is 0. The van der Waals surface area contributed by atoms with Crippen LogP contribution in [0.15, 0.2) is 47.4 Å². The lowest BCUT2D eigenvalue weighted by atomic mass is 10.1. The van der Waals surface area contributed by atoms with Gasteiger partial charge in [-0.15, -0.1) is 11.8 Å². The molecule has 3 heteroatoms. The van der Waals surface area contributed by atoms with Crippen LogP contribution in [0.1, 0.15) is 22.3 Å². The number of nitriles is 1. The van der Waals surface area contributed by atoms with Gasteiger partial charge in [-0.2, -0.15) is 5.26 Å². The lowest BCUT2D eigenvalue weighted by Crippen LogP contribution is -2.05. The number of nitrogens with zero attached hydrogens (tertiary/aromatic N) is 1. The molecule has 1 N–H and O–H groups in total. The third-order valence-corrected chi connectivity index (χ3v) is 4.31. The van der Waals surface area contributed by atoms with Crippen molar-refractivity contribution in [3.8, 4) is 6.07 Å². The van der Waals surface area contributed by atoms with E-state index < -0.39 is 0 Å². The number of hydrogen-bond donors (Lipinski definition) is 1. The summed E-state index contributed by atoms with van der Waals surface area (Å²) in [5.41, 5.74) is 4.52. The van der Waals surface area contributed by atoms with Crippen LogP contribution in [-0.2, 0) is 12.3 Å². The van der Waals surface area contributed by atoms with Crippen LogP contribution in [0.25, 0.3) is 0 Å². The Kier molecular flexibility index (Phi) is 5.23. The van der Waals surface area contributed by atoms with Gasteiger partial charge in [-0.1, -0.05) is 30.3 Å². The van der Waals surface area contributed by atoms with E-state index in [-0.39, 0.29) is 0 Å². The molecular weight excluding hydrogens is 264 g/mol. The fraction of sp³-hybridized carbons (Fsp3) is 0.235. The lowest BCUT2D eigenvalue weighted by molar-refractivity contribution is 0.816. The molecule has 2 aromatic carbocycles. The largest absolute Gasteiger partial charge is 0.316 e. The minimum atomic E-state index is 0.760. The van der Waals surface area contributed by atoms with Crippen LogP contribution in [0.3, 0.4) is 0 Å². The van der Waals surface area contributed by atoms with Gasteiger partial charge in [0.15, 0.2) is 0 Å². The number of nitrogens with one attached hydrogen (secondary N) is 1. The average Bonchev–Trinajstić information content (AvgIpc) is 2.47. The maximum Gasteiger partial charge on any atom is 0.100 e. The first kappa shape index (κ1) is 14.6. The van der Waals surface area contributed by atoms with Crippen LogP contribution in [0, 0.1) is 18.3 Å². The Bertz CT molecular complexity index is 629. The van der Waals surface area contributed by atoms with E-state index in [1.165, 1.54) is 11.1 Å². The molecule has 0 spiro atoms. The van der Waals surface area contributed by atoms with Crippen molar-refractivity contribution in [1.82, 2.24) is 5.32 Å². The zero-order valence-corrected chi connectivity index (χ0v) is 12.6. The Morgan fingerprint density at radius 2 is 2.00 bits per heavy atom. The summed E-state index contributed by atoms with van der Waals surface area (Å²) in [6.07, 6.45) is 0. The van der Waals surface area contributed by atoms with Crippen molar-refractivity contribution in [3.63, 3.8) is 0 Å². The van der Waals surface area contributed by atoms with Gasteiger partial charge in [-0.05, 0) is 42.8 Å². The Hall–Kier alpha value is -1.76. The molecule has 2 nitrogen and oxygen atoms in total. The molecule has 0 radical (unpaired) electrons. The molecule has 0 saturated heterocycles. The highest BCUT2D eigenvalue weighted by Crippen LogP contribution is 2.27. The van der Waals surface area contributed by atoms with E-state index in [9.17, 15) is 5.26 Å². The van der Waals surface area contributed by atoms with Gasteiger partial charge >= 0.3 is 0 Å². The van der Waals surface area contributed by atoms with Crippen molar-refractivity contribution in [2.24, 2.45) is 0 Å². The van der Waals surface area contributed by atoms with E-state index in [2.05, 4.69) is 48.6 Å². The summed E-state index contributed by atoms with van der Waals surface area (Å²) in [6, 6.07) is 16.8. The molecule has 0 aliphatic rings. The van der Waals surface area contributed by atoms with Crippen LogP contribution < -0.4 is 5.32 Å². The van der Waals surface area contributed by atoms with Crippen LogP contribution in [-0.4, -0.2) is 7.05 Å². The zero-order chi connectivity index (χ0) is 14.4. The SMILES string of the molecule is CNCc1ccc(SCc2ccccc2C)c(C#N)c1. The Morgan fingerprint density at radius 1 is 1.20 bits per heavy atom. The van der Waals surface area contributed by atoms with Crippen LogP contribution in [0.4, 0.5) is 0 Å². The van der Waals surface area contributed by atoms with Gasteiger partial charge < -0.3 is 5.32 Å². The number of aryl methyl sites for hydroxylation is 1. The summed E-state index contributed by atoms with van der Waals surface area (Å²) >= 11 is 1.72. The summed E-state index contributed by atoms with van der Waals surface area (Å²) in [5, 5.41) is 12.4. The van der Waals surface area contributed by atoms with E-state index in [0.717, 1.165) is 28.3 Å². The molecule has 0 saturated carbocycles. The van der Waals surface area contributed by atoms with Crippen molar-refractivity contribution in [2.75, 3.05) is 7.05 Å². The van der Waals surface area contributed by atoms with E-state index in [0.29, 0.717) is 0 Å². The predicted molar refractivity (Wildman–Crippen MR) is 84.7 cm³/mol. The first-order chi connectivity index (χ1) is 9.74. The fourth-order valence-corrected chi connectivity index (χ4v) is 3.09. The van der Waals surface area contributed by atoms with Gasteiger partial charge in [0, 0.05) is 17.2 Å². The second-order valence-electron chi connectivity index (χ2n) is 4.69. The van der Waals surface area contributed by atoms with Crippen molar-refractivity contribution in [3.05, 3.63) is 64.7 Å². The van der Waals surface area contributed by atoms with Crippen molar-refractivity contribution < 1.29 is 0 Å². The summed E-state index contributed by atoms with van der Waals surface area (Å²) in [6.45, 7) is 2.91. The molecule has 0 aromatic heterocycles. The monoisotopic (exact) mass is 282 g/mol. The Balaban J connectivity index is 2.14. The molecular formula is C17H18N2S. The van der Waals surface area contributed by atoms with Crippen molar-refractivity contribution in [1.29, 1.82) is 5.26 Å². The molecule has 0 heterocycles. The first-order valence-electron chi connectivity index (χ1n) is 6.59. The highest BCUT2D eigenvalue weighted by atomic mass is 32.2. The summed E-state index contributed by atoms with van der Waals surface area (Å²) in [4.78, 5) is 1.05. The smallest absolute Gasteiger partial charge is 0.100 e. The molecule has 0 bridgehead atoms. The molecule has 0 fully saturated rings. The number of thioether (sulfide) groups is 1. The predicted octanol–water partition coefficient (Wildman–Crippen LogP) is 3.88. The van der Waals surface area contributed by atoms with Gasteiger partial charge in [0.05, 0.1) is 5.56 Å². The average molecular weight is 282 g/mol. The Labute approximate surface area is 124 Å². The maximum atomic E-state index is 9.28. The molecule has 0 aliphatic carbocycles. The quantitative estimate of drug-likeness (QED) is 0.845. The lowest BCUT2D eigenvalue weighted by Gasteiger charge is -2.08. The van der Waals surface area contributed by atoms with Gasteiger partial charge in [0.1, 0.15) is 6.07 Å². The zero-order valence-electron chi connectivity index (χ0n) is 11.8. The topological polar surface area (TPSA) is 35.8 Å². The normalized spacial score (nSPS) is 10.2. The standard InChI is InChI=1S/C17H18N2S/c1-13-5-3-4-6-15(13)12-20-17-8-7-14(11-19-2)9-16(17)10-18/h3-9,19H,11-12H2,1-2H3. The highest BCUT2D eigenvalue weighted by molar-refractivity contribution is 7.98. The summed E-state index contributed by atoms with van der Waals surface area (Å²) in [5.74, 6) is 0.896. The number of rotatable bonds is 5. The van der Waals surface area contributed by atoms with Crippen molar-refractivity contribution in [2.45, 2.75) is 24.1 Å². The molecule has 20 heavy (non-hydrogen) atoms. The summed E-state index contributed by atoms with van der Waals surface area (Å²) in [7, 11) is 1.91. The molecule has 0 aliphatic heterocycles. The van der Waals surface area contributed by atoms with Crippen molar-refractivity contribution >= 4 is 11.8 Å². The molecule has 0 unspecified atom stereocenters. The van der Waals surface area contributed by atoms with Crippen LogP contribution >= 0.6 is 11.8 Å². The van der Waals surface area contributed by atoms with E-state index in [1.807, 2.05) is 19.2 Å².